The number of hydrogen-bond acceptors (Lipinski definition) is 4. The van der Waals surface area contributed by atoms with E-state index < -0.39 is 0 Å². The van der Waals surface area contributed by atoms with Crippen LogP contribution in [0.5, 0.6) is 0 Å². The molecule has 0 unspecified atom stereocenters. The summed E-state index contributed by atoms with van der Waals surface area (Å²) in [7, 11) is 0. The summed E-state index contributed by atoms with van der Waals surface area (Å²) < 4.78 is 0. The van der Waals surface area contributed by atoms with Crippen molar-refractivity contribution in [3.63, 3.8) is 0 Å². The van der Waals surface area contributed by atoms with Crippen LogP contribution in [0.1, 0.15) is 40.5 Å². The van der Waals surface area contributed by atoms with E-state index in [9.17, 15) is 0 Å². The van der Waals surface area contributed by atoms with Crippen LogP contribution in [0.4, 0.5) is 0 Å². The summed E-state index contributed by atoms with van der Waals surface area (Å²) >= 11 is 0. The Balaban J connectivity index is 0. The third-order valence-corrected chi connectivity index (χ3v) is 2.37. The Morgan fingerprint density at radius 2 is 0.611 bits per heavy atom. The summed E-state index contributed by atoms with van der Waals surface area (Å²) in [6.07, 6.45) is 2.44. The van der Waals surface area contributed by atoms with Crippen molar-refractivity contribution in [2.75, 3.05) is 52.4 Å². The average molecular weight is 260 g/mol. The van der Waals surface area contributed by atoms with Crippen LogP contribution >= 0.6 is 0 Å². The van der Waals surface area contributed by atoms with Crippen molar-refractivity contribution in [2.45, 2.75) is 40.5 Å². The maximum Gasteiger partial charge on any atom is 0.00767 e. The third kappa shape index (κ3) is 18.2. The van der Waals surface area contributed by atoms with Crippen molar-refractivity contribution in [3.8, 4) is 0 Å². The molecule has 4 nitrogen and oxygen atoms in total. The molecule has 4 N–H and O–H groups in total. The minimum absolute atomic E-state index is 1.09. The summed E-state index contributed by atoms with van der Waals surface area (Å²) in [5, 5.41) is 13.7. The van der Waals surface area contributed by atoms with Crippen LogP contribution in [0.3, 0.4) is 0 Å². The first-order valence-corrected chi connectivity index (χ1v) is 7.83. The zero-order chi connectivity index (χ0) is 13.9. The molecule has 1 saturated heterocycles. The zero-order valence-electron chi connectivity index (χ0n) is 13.1. The second kappa shape index (κ2) is 22.1. The van der Waals surface area contributed by atoms with E-state index in [1.165, 1.54) is 12.8 Å². The number of hydrogen-bond donors (Lipinski definition) is 4. The van der Waals surface area contributed by atoms with E-state index >= 15 is 0 Å². The Morgan fingerprint density at radius 1 is 0.389 bits per heavy atom. The fraction of sp³-hybridized carbons (Fsp3) is 1.00. The van der Waals surface area contributed by atoms with E-state index in [0.29, 0.717) is 0 Å². The second-order valence-corrected chi connectivity index (χ2v) is 3.71. The van der Waals surface area contributed by atoms with Crippen LogP contribution < -0.4 is 21.3 Å². The molecule has 1 rings (SSSR count). The Bertz CT molecular complexity index is 67.1. The van der Waals surface area contributed by atoms with Crippen molar-refractivity contribution in [3.05, 3.63) is 0 Å². The Labute approximate surface area is 115 Å². The molecular weight excluding hydrogens is 224 g/mol. The first-order valence-electron chi connectivity index (χ1n) is 7.83. The molecule has 0 aromatic rings. The van der Waals surface area contributed by atoms with Gasteiger partial charge in [0.25, 0.3) is 0 Å². The first-order chi connectivity index (χ1) is 9.00. The lowest BCUT2D eigenvalue weighted by Crippen LogP contribution is -2.34. The first kappa shape index (κ1) is 20.2. The molecule has 0 aliphatic carbocycles. The molecule has 1 aliphatic rings. The highest BCUT2D eigenvalue weighted by Gasteiger charge is 1.93. The minimum atomic E-state index is 1.09. The topological polar surface area (TPSA) is 48.1 Å². The molecule has 18 heavy (non-hydrogen) atoms. The van der Waals surface area contributed by atoms with Gasteiger partial charge in [0.1, 0.15) is 0 Å². The van der Waals surface area contributed by atoms with Crippen LogP contribution in [-0.4, -0.2) is 52.4 Å². The van der Waals surface area contributed by atoms with Gasteiger partial charge >= 0.3 is 0 Å². The summed E-state index contributed by atoms with van der Waals surface area (Å²) in [6.45, 7) is 16.9. The molecule has 0 bridgehead atoms. The highest BCUT2D eigenvalue weighted by Crippen LogP contribution is 1.76. The van der Waals surface area contributed by atoms with Crippen LogP contribution in [0.2, 0.25) is 0 Å². The molecule has 0 spiro atoms. The van der Waals surface area contributed by atoms with Gasteiger partial charge in [0.15, 0.2) is 0 Å². The van der Waals surface area contributed by atoms with E-state index in [-0.39, 0.29) is 0 Å². The van der Waals surface area contributed by atoms with E-state index in [2.05, 4.69) is 21.3 Å². The van der Waals surface area contributed by atoms with Crippen LogP contribution in [0.25, 0.3) is 0 Å². The zero-order valence-corrected chi connectivity index (χ0v) is 13.1. The smallest absolute Gasteiger partial charge is 0.00767 e. The summed E-state index contributed by atoms with van der Waals surface area (Å²) in [6, 6.07) is 0. The minimum Gasteiger partial charge on any atom is -0.315 e. The molecule has 1 fully saturated rings. The van der Waals surface area contributed by atoms with Gasteiger partial charge in [0.2, 0.25) is 0 Å². The molecule has 4 heteroatoms. The van der Waals surface area contributed by atoms with Crippen molar-refractivity contribution in [1.29, 1.82) is 0 Å². The SMILES string of the molecule is C1CNCCNCCCNCCNC1.CC.CC. The highest BCUT2D eigenvalue weighted by molar-refractivity contribution is 4.58. The van der Waals surface area contributed by atoms with Crippen molar-refractivity contribution >= 4 is 0 Å². The Hall–Kier alpha value is -0.160. The number of rotatable bonds is 0. The van der Waals surface area contributed by atoms with Crippen LogP contribution in [0, 0.1) is 0 Å². The molecule has 0 radical (unpaired) electrons. The van der Waals surface area contributed by atoms with Gasteiger partial charge < -0.3 is 21.3 Å². The molecule has 112 valence electrons. The quantitative estimate of drug-likeness (QED) is 0.528. The van der Waals surface area contributed by atoms with Gasteiger partial charge in [-0.2, -0.15) is 0 Å². The van der Waals surface area contributed by atoms with Gasteiger partial charge in [-0.3, -0.25) is 0 Å². The molecule has 0 amide bonds. The van der Waals surface area contributed by atoms with Gasteiger partial charge in [-0.15, -0.1) is 0 Å². The van der Waals surface area contributed by atoms with Crippen LogP contribution in [-0.2, 0) is 0 Å². The fourth-order valence-corrected chi connectivity index (χ4v) is 1.53. The fourth-order valence-electron chi connectivity index (χ4n) is 1.53. The lowest BCUT2D eigenvalue weighted by molar-refractivity contribution is 0.530. The van der Waals surface area contributed by atoms with E-state index in [1.807, 2.05) is 27.7 Å². The molecule has 0 aromatic heterocycles. The second-order valence-electron chi connectivity index (χ2n) is 3.71. The van der Waals surface area contributed by atoms with Crippen molar-refractivity contribution in [1.82, 2.24) is 21.3 Å². The summed E-state index contributed by atoms with van der Waals surface area (Å²) in [5.41, 5.74) is 0. The van der Waals surface area contributed by atoms with Gasteiger partial charge in [0, 0.05) is 26.2 Å². The van der Waals surface area contributed by atoms with Crippen molar-refractivity contribution in [2.24, 2.45) is 0 Å². The van der Waals surface area contributed by atoms with E-state index in [4.69, 9.17) is 0 Å². The van der Waals surface area contributed by atoms with Gasteiger partial charge in [-0.25, -0.2) is 0 Å². The van der Waals surface area contributed by atoms with Crippen LogP contribution in [0.15, 0.2) is 0 Å². The van der Waals surface area contributed by atoms with Gasteiger partial charge in [-0.05, 0) is 39.0 Å². The molecular formula is C14H36N4. The van der Waals surface area contributed by atoms with Gasteiger partial charge in [0.05, 0.1) is 0 Å². The lowest BCUT2D eigenvalue weighted by atomic mass is 10.3. The Morgan fingerprint density at radius 3 is 0.833 bits per heavy atom. The summed E-state index contributed by atoms with van der Waals surface area (Å²) in [4.78, 5) is 0. The van der Waals surface area contributed by atoms with Crippen molar-refractivity contribution < 1.29 is 0 Å². The third-order valence-electron chi connectivity index (χ3n) is 2.37. The normalized spacial score (nSPS) is 19.3. The summed E-state index contributed by atoms with van der Waals surface area (Å²) in [5.74, 6) is 0. The lowest BCUT2D eigenvalue weighted by Gasteiger charge is -2.10. The van der Waals surface area contributed by atoms with E-state index in [0.717, 1.165) is 52.4 Å². The standard InChI is InChI=1S/C10H24N4.2C2H6/c1-3-11-7-9-13-5-2-6-14-10-8-12-4-1;2*1-2/h11-14H,1-10H2;2*1-2H3. The average Bonchev–Trinajstić information content (AvgIpc) is 2.46. The Kier molecular flexibility index (Phi) is 24.7. The maximum atomic E-state index is 3.42. The predicted octanol–water partition coefficient (Wildman–Crippen LogP) is 1.19. The van der Waals surface area contributed by atoms with Gasteiger partial charge in [-0.1, -0.05) is 27.7 Å². The van der Waals surface area contributed by atoms with E-state index in [1.54, 1.807) is 0 Å². The molecule has 0 aromatic carbocycles. The largest absolute Gasteiger partial charge is 0.315 e. The maximum absolute atomic E-state index is 3.42. The number of nitrogens with one attached hydrogen (secondary N) is 4. The molecule has 1 aliphatic heterocycles. The highest BCUT2D eigenvalue weighted by atomic mass is 15.0. The molecule has 0 atom stereocenters. The monoisotopic (exact) mass is 260 g/mol. The molecule has 1 heterocycles. The molecule has 0 saturated carbocycles. The predicted molar refractivity (Wildman–Crippen MR) is 83.4 cm³/mol.